The van der Waals surface area contributed by atoms with Crippen LogP contribution in [0.5, 0.6) is 0 Å². The van der Waals surface area contributed by atoms with Crippen LogP contribution < -0.4 is 4.90 Å². The fourth-order valence-corrected chi connectivity index (χ4v) is 4.51. The van der Waals surface area contributed by atoms with Gasteiger partial charge in [0.2, 0.25) is 0 Å². The van der Waals surface area contributed by atoms with Gasteiger partial charge in [0, 0.05) is 37.1 Å². The molecule has 5 heteroatoms. The van der Waals surface area contributed by atoms with Crippen molar-refractivity contribution >= 4 is 23.7 Å². The van der Waals surface area contributed by atoms with E-state index in [-0.39, 0.29) is 5.91 Å². The van der Waals surface area contributed by atoms with Gasteiger partial charge in [-0.1, -0.05) is 20.8 Å². The summed E-state index contributed by atoms with van der Waals surface area (Å²) in [5.41, 5.74) is 5.00. The number of piperidine rings is 1. The predicted molar refractivity (Wildman–Crippen MR) is 120 cm³/mol. The lowest BCUT2D eigenvalue weighted by Crippen LogP contribution is -2.41. The normalized spacial score (nSPS) is 18.1. The summed E-state index contributed by atoms with van der Waals surface area (Å²) >= 11 is 0. The van der Waals surface area contributed by atoms with E-state index in [1.54, 1.807) is 6.20 Å². The van der Waals surface area contributed by atoms with Crippen LogP contribution in [-0.2, 0) is 12.8 Å². The van der Waals surface area contributed by atoms with Crippen molar-refractivity contribution < 1.29 is 9.59 Å². The van der Waals surface area contributed by atoms with Crippen molar-refractivity contribution in [2.45, 2.75) is 52.9 Å². The number of aryl methyl sites for hydroxylation is 2. The van der Waals surface area contributed by atoms with E-state index in [2.05, 4.69) is 31.7 Å². The number of nitrogens with zero attached hydrogens (tertiary/aromatic N) is 3. The number of likely N-dealkylation sites (tertiary alicyclic amines) is 1. The molecule has 0 atom stereocenters. The Hall–Kier alpha value is -2.69. The maximum atomic E-state index is 13.0. The van der Waals surface area contributed by atoms with Gasteiger partial charge in [0.25, 0.3) is 5.91 Å². The highest BCUT2D eigenvalue weighted by Crippen LogP contribution is 2.34. The van der Waals surface area contributed by atoms with Gasteiger partial charge in [-0.05, 0) is 72.9 Å². The smallest absolute Gasteiger partial charge is 0.255 e. The number of anilines is 2. The van der Waals surface area contributed by atoms with Gasteiger partial charge in [-0.3, -0.25) is 9.59 Å². The highest BCUT2D eigenvalue weighted by atomic mass is 16.2. The lowest BCUT2D eigenvalue weighted by atomic mass is 9.82. The molecule has 0 bridgehead atoms. The van der Waals surface area contributed by atoms with Gasteiger partial charge in [-0.15, -0.1) is 0 Å². The summed E-state index contributed by atoms with van der Waals surface area (Å²) in [6.07, 6.45) is 7.50. The topological polar surface area (TPSA) is 53.5 Å². The molecule has 158 valence electrons. The standard InChI is InChI=1S/C25H31N3O2/c1-4-18-15-22(8-7-20(18)17-29)28-11-5-6-19-14-21(16-26-23(19)28)24(30)27-12-9-25(2,3)10-13-27/h7-8,14-17H,4-6,9-13H2,1-3H3. The minimum absolute atomic E-state index is 0.0986. The Morgan fingerprint density at radius 1 is 1.17 bits per heavy atom. The Kier molecular flexibility index (Phi) is 5.63. The van der Waals surface area contributed by atoms with E-state index in [0.717, 1.165) is 86.2 Å². The molecule has 1 saturated heterocycles. The zero-order valence-corrected chi connectivity index (χ0v) is 18.3. The fraction of sp³-hybridized carbons (Fsp3) is 0.480. The summed E-state index contributed by atoms with van der Waals surface area (Å²) in [7, 11) is 0. The second-order valence-corrected chi connectivity index (χ2v) is 9.27. The largest absolute Gasteiger partial charge is 0.339 e. The summed E-state index contributed by atoms with van der Waals surface area (Å²) in [6.45, 7) is 9.13. The molecule has 30 heavy (non-hydrogen) atoms. The lowest BCUT2D eigenvalue weighted by molar-refractivity contribution is 0.0629. The number of rotatable bonds is 4. The van der Waals surface area contributed by atoms with Crippen LogP contribution in [0.25, 0.3) is 0 Å². The van der Waals surface area contributed by atoms with Crippen LogP contribution >= 0.6 is 0 Å². The molecule has 2 aromatic rings. The van der Waals surface area contributed by atoms with Crippen molar-refractivity contribution in [2.24, 2.45) is 5.41 Å². The van der Waals surface area contributed by atoms with E-state index in [4.69, 9.17) is 4.98 Å². The minimum Gasteiger partial charge on any atom is -0.339 e. The molecule has 0 saturated carbocycles. The number of fused-ring (bicyclic) bond motifs is 1. The second-order valence-electron chi connectivity index (χ2n) is 9.27. The quantitative estimate of drug-likeness (QED) is 0.686. The molecule has 5 nitrogen and oxygen atoms in total. The number of aromatic nitrogens is 1. The van der Waals surface area contributed by atoms with Crippen LogP contribution in [0, 0.1) is 5.41 Å². The number of pyridine rings is 1. The first-order valence-electron chi connectivity index (χ1n) is 11.1. The number of hydrogen-bond acceptors (Lipinski definition) is 4. The first-order chi connectivity index (χ1) is 14.4. The Morgan fingerprint density at radius 3 is 2.63 bits per heavy atom. The van der Waals surface area contributed by atoms with E-state index in [9.17, 15) is 9.59 Å². The number of carbonyl (C=O) groups excluding carboxylic acids is 2. The van der Waals surface area contributed by atoms with Crippen LogP contribution in [0.1, 0.15) is 71.9 Å². The Bertz CT molecular complexity index is 957. The zero-order valence-electron chi connectivity index (χ0n) is 18.3. The van der Waals surface area contributed by atoms with Crippen molar-refractivity contribution in [1.82, 2.24) is 9.88 Å². The monoisotopic (exact) mass is 405 g/mol. The molecule has 1 aromatic heterocycles. The van der Waals surface area contributed by atoms with Gasteiger partial charge >= 0.3 is 0 Å². The Morgan fingerprint density at radius 2 is 1.93 bits per heavy atom. The molecule has 1 fully saturated rings. The molecule has 0 unspecified atom stereocenters. The van der Waals surface area contributed by atoms with Crippen molar-refractivity contribution in [3.63, 3.8) is 0 Å². The predicted octanol–water partition coefficient (Wildman–Crippen LogP) is 4.80. The Labute approximate surface area is 179 Å². The maximum absolute atomic E-state index is 13.0. The SMILES string of the molecule is CCc1cc(N2CCCc3cc(C(=O)N4CCC(C)(C)CC4)cnc32)ccc1C=O. The van der Waals surface area contributed by atoms with Gasteiger partial charge in [0.05, 0.1) is 5.56 Å². The molecule has 0 N–H and O–H groups in total. The van der Waals surface area contributed by atoms with Crippen molar-refractivity contribution in [2.75, 3.05) is 24.5 Å². The maximum Gasteiger partial charge on any atom is 0.255 e. The minimum atomic E-state index is 0.0986. The molecule has 0 aliphatic carbocycles. The third kappa shape index (κ3) is 3.98. The molecule has 2 aliphatic rings. The van der Waals surface area contributed by atoms with Crippen LogP contribution in [0.15, 0.2) is 30.5 Å². The van der Waals surface area contributed by atoms with E-state index in [1.807, 2.05) is 23.1 Å². The van der Waals surface area contributed by atoms with Gasteiger partial charge in [0.15, 0.2) is 0 Å². The highest BCUT2D eigenvalue weighted by Gasteiger charge is 2.29. The number of amides is 1. The average Bonchev–Trinajstić information content (AvgIpc) is 2.77. The average molecular weight is 406 g/mol. The third-order valence-electron chi connectivity index (χ3n) is 6.62. The highest BCUT2D eigenvalue weighted by molar-refractivity contribution is 5.94. The summed E-state index contributed by atoms with van der Waals surface area (Å²) in [5, 5.41) is 0. The van der Waals surface area contributed by atoms with Gasteiger partial charge in [0.1, 0.15) is 12.1 Å². The van der Waals surface area contributed by atoms with Gasteiger partial charge in [-0.2, -0.15) is 0 Å². The number of hydrogen-bond donors (Lipinski definition) is 0. The molecular weight excluding hydrogens is 374 g/mol. The third-order valence-corrected chi connectivity index (χ3v) is 6.62. The number of benzene rings is 1. The van der Waals surface area contributed by atoms with Crippen molar-refractivity contribution in [3.8, 4) is 0 Å². The van der Waals surface area contributed by atoms with Crippen LogP contribution in [0.4, 0.5) is 11.5 Å². The second kappa shape index (κ2) is 8.21. The van der Waals surface area contributed by atoms with E-state index in [1.165, 1.54) is 0 Å². The molecule has 2 aliphatic heterocycles. The number of aldehydes is 1. The molecule has 1 aromatic carbocycles. The molecule has 0 spiro atoms. The molecular formula is C25H31N3O2. The molecule has 0 radical (unpaired) electrons. The first-order valence-corrected chi connectivity index (χ1v) is 11.1. The Balaban J connectivity index is 1.59. The van der Waals surface area contributed by atoms with Crippen LogP contribution in [0.2, 0.25) is 0 Å². The summed E-state index contributed by atoms with van der Waals surface area (Å²) in [6, 6.07) is 8.02. The first kappa shape index (κ1) is 20.6. The van der Waals surface area contributed by atoms with E-state index < -0.39 is 0 Å². The van der Waals surface area contributed by atoms with Crippen molar-refractivity contribution in [1.29, 1.82) is 0 Å². The van der Waals surface area contributed by atoms with E-state index in [0.29, 0.717) is 11.0 Å². The summed E-state index contributed by atoms with van der Waals surface area (Å²) in [5.74, 6) is 1.03. The summed E-state index contributed by atoms with van der Waals surface area (Å²) < 4.78 is 0. The van der Waals surface area contributed by atoms with Gasteiger partial charge in [-0.25, -0.2) is 4.98 Å². The lowest BCUT2D eigenvalue weighted by Gasteiger charge is -2.37. The summed E-state index contributed by atoms with van der Waals surface area (Å²) in [4.78, 5) is 33.2. The molecule has 4 rings (SSSR count). The van der Waals surface area contributed by atoms with Gasteiger partial charge < -0.3 is 9.80 Å². The van der Waals surface area contributed by atoms with Crippen molar-refractivity contribution in [3.05, 3.63) is 52.7 Å². The number of carbonyl (C=O) groups is 2. The fourth-order valence-electron chi connectivity index (χ4n) is 4.51. The molecule has 1 amide bonds. The van der Waals surface area contributed by atoms with Crippen LogP contribution in [0.3, 0.4) is 0 Å². The molecule has 3 heterocycles. The van der Waals surface area contributed by atoms with Crippen LogP contribution in [-0.4, -0.2) is 41.7 Å². The zero-order chi connectivity index (χ0) is 21.3. The van der Waals surface area contributed by atoms with E-state index >= 15 is 0 Å².